The number of ether oxygens (including phenoxy) is 2. The van der Waals surface area contributed by atoms with Gasteiger partial charge in [0.2, 0.25) is 0 Å². The van der Waals surface area contributed by atoms with Crippen molar-refractivity contribution in [2.75, 3.05) is 33.4 Å². The lowest BCUT2D eigenvalue weighted by molar-refractivity contribution is -0.140. The second-order valence-corrected chi connectivity index (χ2v) is 10.8. The zero-order valence-corrected chi connectivity index (χ0v) is 24.1. The van der Waals surface area contributed by atoms with Crippen LogP contribution in [0.4, 0.5) is 4.39 Å². The smallest absolute Gasteiger partial charge is 0.336 e. The summed E-state index contributed by atoms with van der Waals surface area (Å²) in [6.07, 6.45) is 1.38. The van der Waals surface area contributed by atoms with Gasteiger partial charge in [-0.25, -0.2) is 14.0 Å². The van der Waals surface area contributed by atoms with Gasteiger partial charge in [0.05, 0.1) is 24.2 Å². The van der Waals surface area contributed by atoms with Crippen LogP contribution in [0.1, 0.15) is 48.5 Å². The van der Waals surface area contributed by atoms with E-state index in [1.807, 2.05) is 49.4 Å². The Bertz CT molecular complexity index is 1560. The number of ketones is 1. The van der Waals surface area contributed by atoms with Crippen LogP contribution in [0.25, 0.3) is 10.8 Å². The van der Waals surface area contributed by atoms with Crippen molar-refractivity contribution in [3.63, 3.8) is 0 Å². The second kappa shape index (κ2) is 12.7. The highest BCUT2D eigenvalue weighted by molar-refractivity contribution is 6.02. The maximum absolute atomic E-state index is 13.7. The van der Waals surface area contributed by atoms with Crippen LogP contribution < -0.4 is 5.32 Å². The highest BCUT2D eigenvalue weighted by atomic mass is 19.1. The molecule has 0 spiro atoms. The molecule has 0 bridgehead atoms. The number of dihydropyridines is 1. The molecule has 3 aromatic carbocycles. The van der Waals surface area contributed by atoms with Crippen LogP contribution in [0.5, 0.6) is 0 Å². The topological polar surface area (TPSA) is 84.9 Å². The minimum Gasteiger partial charge on any atom is -0.466 e. The normalized spacial score (nSPS) is 18.1. The summed E-state index contributed by atoms with van der Waals surface area (Å²) in [6, 6.07) is 19.4. The molecule has 1 fully saturated rings. The fourth-order valence-corrected chi connectivity index (χ4v) is 6.07. The Kier molecular flexibility index (Phi) is 8.83. The summed E-state index contributed by atoms with van der Waals surface area (Å²) in [5, 5.41) is 5.13. The molecule has 0 aliphatic carbocycles. The van der Waals surface area contributed by atoms with Crippen molar-refractivity contribution in [1.29, 1.82) is 0 Å². The third-order valence-corrected chi connectivity index (χ3v) is 8.25. The average molecular weight is 571 g/mol. The van der Waals surface area contributed by atoms with Crippen LogP contribution in [-0.4, -0.2) is 56.0 Å². The number of piperidine rings is 1. The largest absolute Gasteiger partial charge is 0.466 e. The lowest BCUT2D eigenvalue weighted by atomic mass is 9.78. The van der Waals surface area contributed by atoms with Crippen LogP contribution in [0.15, 0.2) is 89.3 Å². The first-order chi connectivity index (χ1) is 20.3. The number of allylic oxidation sites excluding steroid dienone is 2. The lowest BCUT2D eigenvalue weighted by Crippen LogP contribution is -2.39. The van der Waals surface area contributed by atoms with E-state index in [1.54, 1.807) is 6.92 Å². The number of rotatable bonds is 8. The third-order valence-electron chi connectivity index (χ3n) is 8.25. The fourth-order valence-electron chi connectivity index (χ4n) is 6.07. The van der Waals surface area contributed by atoms with Gasteiger partial charge in [-0.2, -0.15) is 0 Å². The molecule has 8 heteroatoms. The highest BCUT2D eigenvalue weighted by Crippen LogP contribution is 2.41. The minimum absolute atomic E-state index is 0.0394. The summed E-state index contributed by atoms with van der Waals surface area (Å²) < 4.78 is 24.2. The van der Waals surface area contributed by atoms with Gasteiger partial charge in [0.25, 0.3) is 0 Å². The number of esters is 2. The van der Waals surface area contributed by atoms with E-state index in [-0.39, 0.29) is 24.1 Å². The van der Waals surface area contributed by atoms with Gasteiger partial charge in [0.1, 0.15) is 12.4 Å². The zero-order chi connectivity index (χ0) is 29.8. The molecule has 3 aromatic rings. The second-order valence-electron chi connectivity index (χ2n) is 10.8. The molecule has 1 saturated heterocycles. The molecule has 1 N–H and O–H groups in total. The molecule has 2 heterocycles. The van der Waals surface area contributed by atoms with E-state index in [1.165, 1.54) is 31.4 Å². The first-order valence-electron chi connectivity index (χ1n) is 14.2. The SMILES string of the molecule is COC(=O)C1=C(C)NC(C)=C(C(=O)OCCN2CCC(C(=O)c3ccc(F)cc3)CC2)C1c1cccc2ccccc12. The summed E-state index contributed by atoms with van der Waals surface area (Å²) in [5.74, 6) is -2.09. The number of benzene rings is 3. The summed E-state index contributed by atoms with van der Waals surface area (Å²) >= 11 is 0. The molecule has 42 heavy (non-hydrogen) atoms. The predicted molar refractivity (Wildman–Crippen MR) is 158 cm³/mol. The Hall–Kier alpha value is -4.30. The summed E-state index contributed by atoms with van der Waals surface area (Å²) in [5.41, 5.74) is 3.37. The maximum atomic E-state index is 13.7. The molecular weight excluding hydrogens is 535 g/mol. The van der Waals surface area contributed by atoms with Gasteiger partial charge in [-0.05, 0) is 80.4 Å². The van der Waals surface area contributed by atoms with Crippen LogP contribution >= 0.6 is 0 Å². The van der Waals surface area contributed by atoms with Gasteiger partial charge < -0.3 is 14.8 Å². The first-order valence-corrected chi connectivity index (χ1v) is 14.2. The lowest BCUT2D eigenvalue weighted by Gasteiger charge is -2.32. The molecule has 5 rings (SSSR count). The zero-order valence-electron chi connectivity index (χ0n) is 24.1. The Balaban J connectivity index is 1.28. The molecule has 1 atom stereocenters. The first kappa shape index (κ1) is 29.2. The van der Waals surface area contributed by atoms with Gasteiger partial charge in [0.15, 0.2) is 5.78 Å². The van der Waals surface area contributed by atoms with Crippen molar-refractivity contribution >= 4 is 28.5 Å². The Morgan fingerprint density at radius 3 is 2.21 bits per heavy atom. The molecule has 0 saturated carbocycles. The number of hydrogen-bond acceptors (Lipinski definition) is 7. The molecule has 0 amide bonds. The monoisotopic (exact) mass is 570 g/mol. The summed E-state index contributed by atoms with van der Waals surface area (Å²) in [4.78, 5) is 41.7. The van der Waals surface area contributed by atoms with Crippen LogP contribution in [0, 0.1) is 11.7 Å². The standard InChI is InChI=1S/C34H35FN2O5/c1-21-29(33(39)41-3)31(28-10-6-8-23-7-4-5-9-27(23)28)30(22(2)36-21)34(40)42-20-19-37-17-15-25(16-18-37)32(38)24-11-13-26(35)14-12-24/h4-14,25,31,36H,15-20H2,1-3H3. The predicted octanol–water partition coefficient (Wildman–Crippen LogP) is 5.52. The van der Waals surface area contributed by atoms with E-state index in [9.17, 15) is 18.8 Å². The maximum Gasteiger partial charge on any atom is 0.336 e. The minimum atomic E-state index is -0.662. The number of carbonyl (C=O) groups excluding carboxylic acids is 3. The van der Waals surface area contributed by atoms with E-state index in [4.69, 9.17) is 9.47 Å². The van der Waals surface area contributed by atoms with Crippen molar-refractivity contribution in [2.45, 2.75) is 32.6 Å². The molecule has 1 unspecified atom stereocenters. The molecule has 0 aromatic heterocycles. The molecular formula is C34H35FN2O5. The highest BCUT2D eigenvalue weighted by Gasteiger charge is 2.38. The summed E-state index contributed by atoms with van der Waals surface area (Å²) in [6.45, 7) is 5.72. The number of halogens is 1. The number of carbonyl (C=O) groups is 3. The van der Waals surface area contributed by atoms with Crippen LogP contribution in [-0.2, 0) is 19.1 Å². The van der Waals surface area contributed by atoms with Crippen molar-refractivity contribution in [3.05, 3.63) is 106 Å². The molecule has 2 aliphatic heterocycles. The summed E-state index contributed by atoms with van der Waals surface area (Å²) in [7, 11) is 1.34. The average Bonchev–Trinajstić information content (AvgIpc) is 3.00. The number of nitrogens with zero attached hydrogens (tertiary/aromatic N) is 1. The number of likely N-dealkylation sites (tertiary alicyclic amines) is 1. The number of methoxy groups -OCH3 is 1. The number of nitrogens with one attached hydrogen (secondary N) is 1. The van der Waals surface area contributed by atoms with Gasteiger partial charge in [-0.15, -0.1) is 0 Å². The van der Waals surface area contributed by atoms with E-state index in [0.29, 0.717) is 60.6 Å². The van der Waals surface area contributed by atoms with Crippen LogP contribution in [0.2, 0.25) is 0 Å². The van der Waals surface area contributed by atoms with Crippen molar-refractivity contribution < 1.29 is 28.2 Å². The van der Waals surface area contributed by atoms with E-state index in [2.05, 4.69) is 10.2 Å². The van der Waals surface area contributed by atoms with Crippen molar-refractivity contribution in [1.82, 2.24) is 10.2 Å². The molecule has 0 radical (unpaired) electrons. The molecule has 218 valence electrons. The third kappa shape index (κ3) is 5.99. The van der Waals surface area contributed by atoms with E-state index >= 15 is 0 Å². The van der Waals surface area contributed by atoms with Gasteiger partial charge in [0, 0.05) is 29.4 Å². The number of Topliss-reactive ketones (excluding diaryl/α,β-unsaturated/α-hetero) is 1. The molecule has 7 nitrogen and oxygen atoms in total. The van der Waals surface area contributed by atoms with Gasteiger partial charge in [-0.1, -0.05) is 42.5 Å². The van der Waals surface area contributed by atoms with Crippen molar-refractivity contribution in [3.8, 4) is 0 Å². The van der Waals surface area contributed by atoms with Gasteiger partial charge in [-0.3, -0.25) is 9.69 Å². The van der Waals surface area contributed by atoms with Crippen LogP contribution in [0.3, 0.4) is 0 Å². The van der Waals surface area contributed by atoms with E-state index < -0.39 is 17.9 Å². The number of hydrogen-bond donors (Lipinski definition) is 1. The number of fused-ring (bicyclic) bond motifs is 1. The fraction of sp³-hybridized carbons (Fsp3) is 0.324. The Labute approximate surface area is 245 Å². The molecule has 2 aliphatic rings. The van der Waals surface area contributed by atoms with E-state index in [0.717, 1.165) is 16.3 Å². The quantitative estimate of drug-likeness (QED) is 0.282. The Morgan fingerprint density at radius 1 is 0.881 bits per heavy atom. The Morgan fingerprint density at radius 2 is 1.52 bits per heavy atom. The van der Waals surface area contributed by atoms with Gasteiger partial charge >= 0.3 is 11.9 Å². The van der Waals surface area contributed by atoms with Crippen molar-refractivity contribution in [2.24, 2.45) is 5.92 Å².